The highest BCUT2D eigenvalue weighted by Gasteiger charge is 2.31. The van der Waals surface area contributed by atoms with E-state index < -0.39 is 9.84 Å². The minimum absolute atomic E-state index is 0.337. The zero-order valence-electron chi connectivity index (χ0n) is 23.6. The third kappa shape index (κ3) is 5.58. The maximum absolute atomic E-state index is 11.9. The third-order valence-corrected chi connectivity index (χ3v) is 11.1. The zero-order valence-corrected chi connectivity index (χ0v) is 24.4. The van der Waals surface area contributed by atoms with Crippen LogP contribution in [-0.2, 0) is 9.84 Å². The molecule has 2 saturated heterocycles. The first-order valence-electron chi connectivity index (χ1n) is 14.8. The first-order chi connectivity index (χ1) is 18.8. The van der Waals surface area contributed by atoms with Crippen LogP contribution < -0.4 is 0 Å². The van der Waals surface area contributed by atoms with E-state index >= 15 is 0 Å². The lowest BCUT2D eigenvalue weighted by Gasteiger charge is -2.39. The summed E-state index contributed by atoms with van der Waals surface area (Å²) in [6.07, 6.45) is 13.3. The topological polar surface area (TPSA) is 77.9 Å². The number of fused-ring (bicyclic) bond motifs is 3. The molecule has 39 heavy (non-hydrogen) atoms. The van der Waals surface area contributed by atoms with Gasteiger partial charge in [0.05, 0.1) is 17.5 Å². The van der Waals surface area contributed by atoms with Crippen molar-refractivity contribution in [2.75, 3.05) is 24.6 Å². The lowest BCUT2D eigenvalue weighted by molar-refractivity contribution is 0.142. The van der Waals surface area contributed by atoms with Crippen LogP contribution in [0.1, 0.15) is 94.4 Å². The number of H-pyrrole nitrogens is 1. The van der Waals surface area contributed by atoms with E-state index in [9.17, 15) is 8.42 Å². The summed E-state index contributed by atoms with van der Waals surface area (Å²) in [6.45, 7) is 8.92. The van der Waals surface area contributed by atoms with Gasteiger partial charge in [0.2, 0.25) is 0 Å². The summed E-state index contributed by atoms with van der Waals surface area (Å²) in [5.74, 6) is 1.67. The minimum Gasteiger partial charge on any atom is -0.354 e. The zero-order chi connectivity index (χ0) is 27.1. The molecule has 7 heteroatoms. The second kappa shape index (κ2) is 10.8. The molecule has 1 atom stereocenters. The van der Waals surface area contributed by atoms with Gasteiger partial charge < -0.3 is 9.88 Å². The highest BCUT2D eigenvalue weighted by atomic mass is 32.2. The summed E-state index contributed by atoms with van der Waals surface area (Å²) in [5.41, 5.74) is 8.97. The number of aromatic amines is 1. The summed E-state index contributed by atoms with van der Waals surface area (Å²) in [4.78, 5) is 15.6. The smallest absolute Gasteiger partial charge is 0.150 e. The Hall–Kier alpha value is -2.51. The Morgan fingerprint density at radius 2 is 1.82 bits per heavy atom. The molecule has 0 radical (unpaired) electrons. The molecule has 0 amide bonds. The molecule has 1 aliphatic carbocycles. The average Bonchev–Trinajstić information content (AvgIpc) is 3.33. The van der Waals surface area contributed by atoms with Crippen molar-refractivity contribution < 1.29 is 8.42 Å². The van der Waals surface area contributed by atoms with E-state index in [1.54, 1.807) is 6.34 Å². The van der Waals surface area contributed by atoms with E-state index in [4.69, 9.17) is 0 Å². The number of hydrogen-bond donors (Lipinski definition) is 1. The molecule has 0 saturated carbocycles. The van der Waals surface area contributed by atoms with Gasteiger partial charge in [0.1, 0.15) is 16.2 Å². The van der Waals surface area contributed by atoms with Crippen molar-refractivity contribution >= 4 is 38.4 Å². The van der Waals surface area contributed by atoms with Gasteiger partial charge in [0.25, 0.3) is 0 Å². The van der Waals surface area contributed by atoms with E-state index in [1.165, 1.54) is 38.9 Å². The molecule has 1 unspecified atom stereocenters. The lowest BCUT2D eigenvalue weighted by Crippen LogP contribution is -2.44. The number of hydrogen-bond acceptors (Lipinski definition) is 5. The fraction of sp³-hybridized carbons (Fsp3) is 0.562. The van der Waals surface area contributed by atoms with Crippen molar-refractivity contribution in [2.24, 2.45) is 9.98 Å². The molecular weight excluding hydrogens is 504 g/mol. The maximum Gasteiger partial charge on any atom is 0.150 e. The van der Waals surface area contributed by atoms with E-state index in [0.29, 0.717) is 35.4 Å². The Balaban J connectivity index is 1.26. The molecule has 208 valence electrons. The molecule has 6 rings (SSSR count). The highest BCUT2D eigenvalue weighted by molar-refractivity contribution is 7.91. The van der Waals surface area contributed by atoms with Gasteiger partial charge in [-0.25, -0.2) is 13.4 Å². The fourth-order valence-electron chi connectivity index (χ4n) is 7.10. The second-order valence-electron chi connectivity index (χ2n) is 12.3. The number of allylic oxidation sites excluding steroid dienone is 4. The molecule has 3 aliphatic heterocycles. The Kier molecular flexibility index (Phi) is 7.40. The molecule has 2 fully saturated rings. The Morgan fingerprint density at radius 1 is 1.05 bits per heavy atom. The molecular formula is C32H42N4O2S. The first kappa shape index (κ1) is 26.7. The van der Waals surface area contributed by atoms with E-state index in [-0.39, 0.29) is 0 Å². The van der Waals surface area contributed by atoms with Gasteiger partial charge in [0, 0.05) is 34.8 Å². The Labute approximate surface area is 233 Å². The van der Waals surface area contributed by atoms with Crippen LogP contribution in [0, 0.1) is 0 Å². The van der Waals surface area contributed by atoms with Crippen LogP contribution >= 0.6 is 0 Å². The number of benzene rings is 1. The molecule has 1 N–H and O–H groups in total. The van der Waals surface area contributed by atoms with E-state index in [2.05, 4.69) is 71.0 Å². The summed E-state index contributed by atoms with van der Waals surface area (Å²) < 4.78 is 23.7. The van der Waals surface area contributed by atoms with Crippen LogP contribution in [0.25, 0.3) is 16.5 Å². The average molecular weight is 547 g/mol. The molecule has 1 aromatic heterocycles. The van der Waals surface area contributed by atoms with Crippen molar-refractivity contribution in [3.63, 3.8) is 0 Å². The van der Waals surface area contributed by atoms with Gasteiger partial charge in [-0.1, -0.05) is 26.0 Å². The van der Waals surface area contributed by atoms with Crippen LogP contribution in [0.15, 0.2) is 45.9 Å². The second-order valence-corrected chi connectivity index (χ2v) is 14.6. The highest BCUT2D eigenvalue weighted by Crippen LogP contribution is 2.38. The fourth-order valence-corrected chi connectivity index (χ4v) is 8.57. The molecule has 1 aromatic carbocycles. The van der Waals surface area contributed by atoms with Gasteiger partial charge in [-0.3, -0.25) is 4.99 Å². The number of sulfone groups is 1. The largest absolute Gasteiger partial charge is 0.354 e. The number of nitrogens with one attached hydrogen (secondary N) is 1. The summed E-state index contributed by atoms with van der Waals surface area (Å²) in [5, 5.41) is 1.35. The number of aromatic nitrogens is 1. The van der Waals surface area contributed by atoms with Crippen molar-refractivity contribution in [1.82, 2.24) is 9.88 Å². The van der Waals surface area contributed by atoms with Gasteiger partial charge >= 0.3 is 0 Å². The molecule has 4 aliphatic rings. The number of aliphatic imine (C=N–C) groups is 2. The van der Waals surface area contributed by atoms with Crippen molar-refractivity contribution in [2.45, 2.75) is 89.6 Å². The normalized spacial score (nSPS) is 27.8. The summed E-state index contributed by atoms with van der Waals surface area (Å²) in [6, 6.07) is 7.84. The van der Waals surface area contributed by atoms with Gasteiger partial charge in [-0.2, -0.15) is 0 Å². The minimum atomic E-state index is -2.81. The number of piperidine rings is 1. The predicted molar refractivity (Wildman–Crippen MR) is 163 cm³/mol. The monoisotopic (exact) mass is 546 g/mol. The van der Waals surface area contributed by atoms with E-state index in [1.807, 2.05) is 0 Å². The number of nitrogens with zero attached hydrogens (tertiary/aromatic N) is 3. The number of rotatable bonds is 4. The summed E-state index contributed by atoms with van der Waals surface area (Å²) in [7, 11) is -2.81. The van der Waals surface area contributed by atoms with Crippen molar-refractivity contribution in [3.05, 3.63) is 52.7 Å². The molecule has 6 nitrogen and oxygen atoms in total. The molecule has 0 spiro atoms. The van der Waals surface area contributed by atoms with Gasteiger partial charge in [0.15, 0.2) is 0 Å². The lowest BCUT2D eigenvalue weighted by atomic mass is 9.86. The third-order valence-electron chi connectivity index (χ3n) is 9.38. The van der Waals surface area contributed by atoms with Gasteiger partial charge in [-0.15, -0.1) is 0 Å². The standard InChI is InChI=1S/C32H42N4O2S/c1-21(2)31-28-18-24(23-9-13-36(14-10-23)27-11-15-39(37,38)16-12-27)7-8-29(28)35-32(31)25-5-4-6-26-19-30(22(3)17-25)34-20-33-26/h5,7-8,17-18,20-21,23,26-27,35H,4,6,9-16,19H2,1-3H3/b22-17-,25-5+. The Bertz CT molecular complexity index is 1450. The van der Waals surface area contributed by atoms with Crippen LogP contribution in [0.2, 0.25) is 0 Å². The van der Waals surface area contributed by atoms with Crippen LogP contribution in [0.3, 0.4) is 0 Å². The molecule has 2 aromatic rings. The molecule has 2 bridgehead atoms. The van der Waals surface area contributed by atoms with Crippen molar-refractivity contribution in [1.29, 1.82) is 0 Å². The number of likely N-dealkylation sites (tertiary alicyclic amines) is 1. The van der Waals surface area contributed by atoms with Crippen molar-refractivity contribution in [3.8, 4) is 0 Å². The van der Waals surface area contributed by atoms with Crippen LogP contribution in [0.4, 0.5) is 0 Å². The molecule has 4 heterocycles. The predicted octanol–water partition coefficient (Wildman–Crippen LogP) is 6.41. The van der Waals surface area contributed by atoms with Crippen LogP contribution in [0.5, 0.6) is 0 Å². The van der Waals surface area contributed by atoms with Gasteiger partial charge in [-0.05, 0) is 111 Å². The van der Waals surface area contributed by atoms with E-state index in [0.717, 1.165) is 63.7 Å². The first-order valence-corrected chi connectivity index (χ1v) is 16.7. The summed E-state index contributed by atoms with van der Waals surface area (Å²) >= 11 is 0. The quantitative estimate of drug-likeness (QED) is 0.481. The maximum atomic E-state index is 11.9. The Morgan fingerprint density at radius 3 is 2.56 bits per heavy atom. The van der Waals surface area contributed by atoms with Crippen LogP contribution in [-0.4, -0.2) is 67.0 Å². The SMILES string of the molecule is C/C1=C/C(c2[nH]c3ccc(C4CCN(C5CCS(=O)(=O)CC5)CC4)cc3c2C(C)C)=C\CCC2CC1=NC=N2.